The Labute approximate surface area is 212 Å². The van der Waals surface area contributed by atoms with Crippen LogP contribution in [-0.2, 0) is 14.2 Å². The topological polar surface area (TPSA) is 27.7 Å². The third kappa shape index (κ3) is 4.40. The highest BCUT2D eigenvalue weighted by Crippen LogP contribution is 2.66. The largest absolute Gasteiger partial charge is 0.480 e. The monoisotopic (exact) mass is 476 g/mol. The number of rotatable bonds is 4. The lowest BCUT2D eigenvalue weighted by Crippen LogP contribution is -2.56. The third-order valence-electron chi connectivity index (χ3n) is 9.64. The van der Waals surface area contributed by atoms with Crippen LogP contribution in [0.4, 0.5) is 0 Å². The van der Waals surface area contributed by atoms with Gasteiger partial charge in [-0.15, -0.1) is 12.3 Å². The summed E-state index contributed by atoms with van der Waals surface area (Å²) in [5.74, 6) is 2.19. The lowest BCUT2D eigenvalue weighted by atomic mass is 9.67. The molecule has 2 spiro atoms. The van der Waals surface area contributed by atoms with E-state index in [-0.39, 0.29) is 22.2 Å². The van der Waals surface area contributed by atoms with Gasteiger partial charge in [0.15, 0.2) is 11.5 Å². The van der Waals surface area contributed by atoms with Crippen LogP contribution in [0.25, 0.3) is 0 Å². The number of ether oxygens (including phenoxy) is 3. The standard InChI is InChI=1S/C32H44O3/c1-4-22-33-30-19-14-15-21-32-25-29(5-2,23-30)24-31(32,20-13-8-6-7-10-16-26(30)3)34-27-17-11-9-12-18-28(27)35-32/h4,7,9,12,16-18,26H,1,5-6,8,11,13-15,19-25H2,2-3H3. The van der Waals surface area contributed by atoms with E-state index in [1.165, 1.54) is 0 Å². The van der Waals surface area contributed by atoms with Crippen molar-refractivity contribution < 1.29 is 14.2 Å². The van der Waals surface area contributed by atoms with Gasteiger partial charge >= 0.3 is 0 Å². The van der Waals surface area contributed by atoms with Gasteiger partial charge in [-0.25, -0.2) is 0 Å². The lowest BCUT2D eigenvalue weighted by molar-refractivity contribution is -0.199. The fourth-order valence-corrected chi connectivity index (χ4v) is 7.81. The van der Waals surface area contributed by atoms with E-state index in [4.69, 9.17) is 14.2 Å². The molecule has 0 N–H and O–H groups in total. The van der Waals surface area contributed by atoms with Crippen LogP contribution in [0.5, 0.6) is 0 Å². The summed E-state index contributed by atoms with van der Waals surface area (Å²) in [4.78, 5) is 0. The molecule has 190 valence electrons. The maximum atomic E-state index is 7.21. The van der Waals surface area contributed by atoms with Gasteiger partial charge in [-0.05, 0) is 100 Å². The van der Waals surface area contributed by atoms with Crippen molar-refractivity contribution in [3.8, 4) is 0 Å². The van der Waals surface area contributed by atoms with Gasteiger partial charge in [-0.2, -0.15) is 0 Å². The fourth-order valence-electron chi connectivity index (χ4n) is 7.81. The summed E-state index contributed by atoms with van der Waals surface area (Å²) in [7, 11) is 0. The highest BCUT2D eigenvalue weighted by atomic mass is 16.6. The summed E-state index contributed by atoms with van der Waals surface area (Å²) in [6, 6.07) is 0. The average Bonchev–Trinajstić information content (AvgIpc) is 2.98. The number of hydrogen-bond acceptors (Lipinski definition) is 3. The normalized spacial score (nSPS) is 40.7. The van der Waals surface area contributed by atoms with Crippen molar-refractivity contribution in [1.82, 2.24) is 0 Å². The van der Waals surface area contributed by atoms with Crippen LogP contribution in [0.2, 0.25) is 0 Å². The molecule has 5 unspecified atom stereocenters. The molecule has 1 aliphatic heterocycles. The second-order valence-electron chi connectivity index (χ2n) is 11.8. The smallest absolute Gasteiger partial charge is 0.161 e. The maximum absolute atomic E-state index is 7.21. The molecule has 3 heteroatoms. The van der Waals surface area contributed by atoms with Crippen molar-refractivity contribution in [1.29, 1.82) is 0 Å². The fraction of sp³-hybridized carbons (Fsp3) is 0.656. The molecule has 5 atom stereocenters. The summed E-state index contributed by atoms with van der Waals surface area (Å²) in [6.45, 7) is 9.30. The minimum Gasteiger partial charge on any atom is -0.480 e. The zero-order chi connectivity index (χ0) is 24.4. The van der Waals surface area contributed by atoms with Crippen molar-refractivity contribution in [2.75, 3.05) is 6.61 Å². The zero-order valence-electron chi connectivity index (χ0n) is 22.0. The Hall–Kier alpha value is -1.96. The van der Waals surface area contributed by atoms with Crippen LogP contribution in [0.15, 0.2) is 66.4 Å². The third-order valence-corrected chi connectivity index (χ3v) is 9.64. The van der Waals surface area contributed by atoms with Crippen molar-refractivity contribution in [2.24, 2.45) is 11.3 Å². The van der Waals surface area contributed by atoms with Crippen LogP contribution in [0.1, 0.15) is 97.3 Å². The molecule has 1 saturated heterocycles. The Morgan fingerprint density at radius 1 is 1.06 bits per heavy atom. The Bertz CT molecular complexity index is 965. The van der Waals surface area contributed by atoms with E-state index in [0.717, 1.165) is 95.0 Å². The first-order valence-electron chi connectivity index (χ1n) is 14.1. The molecule has 5 aliphatic rings. The minimum absolute atomic E-state index is 0.117. The molecule has 4 aliphatic carbocycles. The summed E-state index contributed by atoms with van der Waals surface area (Å²) >= 11 is 0. The Morgan fingerprint density at radius 2 is 1.80 bits per heavy atom. The van der Waals surface area contributed by atoms with Gasteiger partial charge in [-0.1, -0.05) is 44.9 Å². The molecule has 4 bridgehead atoms. The highest BCUT2D eigenvalue weighted by Gasteiger charge is 2.69. The maximum Gasteiger partial charge on any atom is 0.161 e. The second-order valence-corrected chi connectivity index (χ2v) is 11.8. The van der Waals surface area contributed by atoms with E-state index in [1.807, 2.05) is 6.08 Å². The molecule has 35 heavy (non-hydrogen) atoms. The Balaban J connectivity index is 1.65. The molecule has 1 heterocycles. The average molecular weight is 477 g/mol. The molecule has 0 aromatic heterocycles. The predicted octanol–water partition coefficient (Wildman–Crippen LogP) is 8.26. The molecule has 5 rings (SSSR count). The van der Waals surface area contributed by atoms with Crippen molar-refractivity contribution >= 4 is 0 Å². The SMILES string of the molecule is C=CCOC12CCCCC34CC(CC)(C1)CC3(CCCCC=C=CC2C)OC1=CCC=CC=C1O4. The van der Waals surface area contributed by atoms with E-state index < -0.39 is 0 Å². The van der Waals surface area contributed by atoms with Gasteiger partial charge in [0.05, 0.1) is 12.2 Å². The molecule has 0 aromatic rings. The molecule has 0 amide bonds. The zero-order valence-corrected chi connectivity index (χ0v) is 22.0. The predicted molar refractivity (Wildman–Crippen MR) is 142 cm³/mol. The van der Waals surface area contributed by atoms with E-state index in [0.29, 0.717) is 12.5 Å². The van der Waals surface area contributed by atoms with Gasteiger partial charge < -0.3 is 14.2 Å². The van der Waals surface area contributed by atoms with Crippen molar-refractivity contribution in [2.45, 2.75) is 114 Å². The Morgan fingerprint density at radius 3 is 2.57 bits per heavy atom. The molecule has 0 radical (unpaired) electrons. The first-order valence-corrected chi connectivity index (χ1v) is 14.1. The van der Waals surface area contributed by atoms with Gasteiger partial charge in [0, 0.05) is 5.92 Å². The van der Waals surface area contributed by atoms with Crippen LogP contribution < -0.4 is 0 Å². The van der Waals surface area contributed by atoms with Gasteiger partial charge in [-0.3, -0.25) is 0 Å². The number of allylic oxidation sites excluding steroid dienone is 4. The van der Waals surface area contributed by atoms with Crippen LogP contribution in [0, 0.1) is 11.3 Å². The first-order chi connectivity index (χ1) is 17.0. The van der Waals surface area contributed by atoms with Crippen LogP contribution in [0.3, 0.4) is 0 Å². The van der Waals surface area contributed by atoms with E-state index in [9.17, 15) is 0 Å². The first kappa shape index (κ1) is 24.7. The van der Waals surface area contributed by atoms with Crippen LogP contribution in [-0.4, -0.2) is 23.4 Å². The van der Waals surface area contributed by atoms with Crippen LogP contribution >= 0.6 is 0 Å². The summed E-state index contributed by atoms with van der Waals surface area (Å²) < 4.78 is 21.2. The summed E-state index contributed by atoms with van der Waals surface area (Å²) in [5.41, 5.74) is 2.89. The van der Waals surface area contributed by atoms with Gasteiger partial charge in [0.1, 0.15) is 11.2 Å². The molecular weight excluding hydrogens is 432 g/mol. The lowest BCUT2D eigenvalue weighted by Gasteiger charge is -2.51. The molecular formula is C32H44O3. The molecule has 3 fully saturated rings. The van der Waals surface area contributed by atoms with E-state index >= 15 is 0 Å². The molecule has 2 saturated carbocycles. The Kier molecular flexibility index (Phi) is 6.94. The molecule has 0 aromatic carbocycles. The second kappa shape index (κ2) is 9.83. The van der Waals surface area contributed by atoms with E-state index in [1.54, 1.807) is 0 Å². The summed E-state index contributed by atoms with van der Waals surface area (Å²) in [6.07, 6.45) is 29.1. The van der Waals surface area contributed by atoms with E-state index in [2.05, 4.69) is 62.6 Å². The van der Waals surface area contributed by atoms with Crippen molar-refractivity contribution in [3.05, 3.63) is 66.4 Å². The highest BCUT2D eigenvalue weighted by molar-refractivity contribution is 5.35. The minimum atomic E-state index is -0.271. The van der Waals surface area contributed by atoms with Gasteiger partial charge in [0.25, 0.3) is 0 Å². The summed E-state index contributed by atoms with van der Waals surface area (Å²) in [5, 5.41) is 0. The quantitative estimate of drug-likeness (QED) is 0.302. The van der Waals surface area contributed by atoms with Crippen molar-refractivity contribution in [3.63, 3.8) is 0 Å². The number of fused-ring (bicyclic) bond motifs is 2. The molecule has 3 nitrogen and oxygen atoms in total. The number of hydrogen-bond donors (Lipinski definition) is 0. The van der Waals surface area contributed by atoms with Gasteiger partial charge in [0.2, 0.25) is 0 Å².